The average Bonchev–Trinajstić information content (AvgIpc) is 2.88. The van der Waals surface area contributed by atoms with Crippen LogP contribution in [-0.4, -0.2) is 31.4 Å². The molecule has 1 unspecified atom stereocenters. The number of rotatable bonds is 5. The van der Waals surface area contributed by atoms with Crippen LogP contribution < -0.4 is 15.5 Å². The largest absolute Gasteiger partial charge is 0.416 e. The fraction of sp³-hybridized carbons (Fsp3) is 0.481. The van der Waals surface area contributed by atoms with Crippen molar-refractivity contribution in [3.05, 3.63) is 64.7 Å². The topological polar surface area (TPSA) is 61.4 Å². The highest BCUT2D eigenvalue weighted by Crippen LogP contribution is 2.40. The minimum atomic E-state index is -5.00. The highest BCUT2D eigenvalue weighted by atomic mass is 19.4. The highest BCUT2D eigenvalue weighted by Gasteiger charge is 2.40. The lowest BCUT2D eigenvalue weighted by Crippen LogP contribution is -2.49. The van der Waals surface area contributed by atoms with Crippen molar-refractivity contribution in [1.29, 1.82) is 0 Å². The number of nitrogens with zero attached hydrogens (tertiary/aromatic N) is 1. The molecule has 1 saturated carbocycles. The number of halogens is 6. The molecule has 38 heavy (non-hydrogen) atoms. The van der Waals surface area contributed by atoms with E-state index in [1.54, 1.807) is 17.0 Å². The molecule has 206 valence electrons. The van der Waals surface area contributed by atoms with Crippen molar-refractivity contribution in [1.82, 2.24) is 10.6 Å². The predicted molar refractivity (Wildman–Crippen MR) is 129 cm³/mol. The van der Waals surface area contributed by atoms with E-state index in [4.69, 9.17) is 0 Å². The molecule has 0 bridgehead atoms. The molecule has 4 rings (SSSR count). The summed E-state index contributed by atoms with van der Waals surface area (Å²) in [5.74, 6) is -1.96. The Labute approximate surface area is 216 Å². The number of carbonyl (C=O) groups is 2. The van der Waals surface area contributed by atoms with Gasteiger partial charge in [0.05, 0.1) is 29.1 Å². The molecule has 2 aromatic rings. The number of nitrogens with one attached hydrogen (secondary N) is 2. The first kappa shape index (κ1) is 27.9. The number of hydrogen-bond donors (Lipinski definition) is 2. The van der Waals surface area contributed by atoms with E-state index in [1.165, 1.54) is 6.92 Å². The van der Waals surface area contributed by atoms with Crippen LogP contribution in [0.5, 0.6) is 0 Å². The number of alkyl halides is 6. The van der Waals surface area contributed by atoms with Gasteiger partial charge in [0.15, 0.2) is 0 Å². The molecule has 1 atom stereocenters. The van der Waals surface area contributed by atoms with E-state index >= 15 is 0 Å². The zero-order chi connectivity index (χ0) is 27.7. The standard InChI is InChI=1S/C27H29F6N3O2/c1-17(18-13-20(26(28,29)30)15-21(14-18)27(31,32)33)24(38)35-25(9-3-2-4-10-25)19-5-7-22(8-6-19)36-12-11-34-16-23(36)37/h5-8,13-15,17,34H,2-4,9-12,16H2,1H3,(H,35,38). The quantitative estimate of drug-likeness (QED) is 0.475. The van der Waals surface area contributed by atoms with Crippen molar-refractivity contribution in [3.63, 3.8) is 0 Å². The maximum Gasteiger partial charge on any atom is 0.416 e. The molecule has 1 aliphatic heterocycles. The Morgan fingerprint density at radius 1 is 0.947 bits per heavy atom. The minimum Gasteiger partial charge on any atom is -0.346 e. The van der Waals surface area contributed by atoms with Gasteiger partial charge in [0.1, 0.15) is 0 Å². The molecule has 2 aliphatic rings. The van der Waals surface area contributed by atoms with E-state index in [0.29, 0.717) is 38.1 Å². The normalized spacial score (nSPS) is 19.2. The predicted octanol–water partition coefficient (Wildman–Crippen LogP) is 5.74. The minimum absolute atomic E-state index is 0.0570. The maximum absolute atomic E-state index is 13.4. The third-order valence-electron chi connectivity index (χ3n) is 7.39. The number of piperazine rings is 1. The average molecular weight is 542 g/mol. The van der Waals surface area contributed by atoms with Gasteiger partial charge in [-0.3, -0.25) is 9.59 Å². The molecule has 0 aromatic heterocycles. The zero-order valence-corrected chi connectivity index (χ0v) is 20.8. The summed E-state index contributed by atoms with van der Waals surface area (Å²) < 4.78 is 80.1. The van der Waals surface area contributed by atoms with E-state index in [2.05, 4.69) is 10.6 Å². The SMILES string of the molecule is CC(C(=O)NC1(c2ccc(N3CCNCC3=O)cc2)CCCCC1)c1cc(C(F)(F)F)cc(C(F)(F)F)c1. The van der Waals surface area contributed by atoms with Crippen molar-refractivity contribution < 1.29 is 35.9 Å². The van der Waals surface area contributed by atoms with E-state index in [-0.39, 0.29) is 24.1 Å². The van der Waals surface area contributed by atoms with Crippen molar-refractivity contribution in [2.75, 3.05) is 24.5 Å². The summed E-state index contributed by atoms with van der Waals surface area (Å²) in [6.45, 7) is 2.73. The fourth-order valence-corrected chi connectivity index (χ4v) is 5.21. The molecule has 5 nitrogen and oxygen atoms in total. The molecule has 2 N–H and O–H groups in total. The summed E-state index contributed by atoms with van der Waals surface area (Å²) in [5, 5.41) is 5.99. The van der Waals surface area contributed by atoms with E-state index in [9.17, 15) is 35.9 Å². The number of anilines is 1. The molecule has 1 heterocycles. The van der Waals surface area contributed by atoms with Crippen LogP contribution in [0.4, 0.5) is 32.0 Å². The number of carbonyl (C=O) groups excluding carboxylic acids is 2. The third-order valence-corrected chi connectivity index (χ3v) is 7.39. The van der Waals surface area contributed by atoms with Crippen LogP contribution in [0.2, 0.25) is 0 Å². The van der Waals surface area contributed by atoms with E-state index in [1.807, 2.05) is 12.1 Å². The summed E-state index contributed by atoms with van der Waals surface area (Å²) in [7, 11) is 0. The summed E-state index contributed by atoms with van der Waals surface area (Å²) >= 11 is 0. The Hall–Kier alpha value is -3.08. The van der Waals surface area contributed by atoms with Gasteiger partial charge < -0.3 is 15.5 Å². The molecule has 1 aliphatic carbocycles. The van der Waals surface area contributed by atoms with Gasteiger partial charge >= 0.3 is 12.4 Å². The molecule has 2 aromatic carbocycles. The first-order valence-electron chi connectivity index (χ1n) is 12.5. The van der Waals surface area contributed by atoms with Crippen molar-refractivity contribution in [3.8, 4) is 0 Å². The number of hydrogen-bond acceptors (Lipinski definition) is 3. The van der Waals surface area contributed by atoms with E-state index < -0.39 is 40.8 Å². The van der Waals surface area contributed by atoms with Crippen LogP contribution in [0.1, 0.15) is 67.2 Å². The van der Waals surface area contributed by atoms with Gasteiger partial charge in [-0.15, -0.1) is 0 Å². The van der Waals surface area contributed by atoms with Crippen LogP contribution in [0.3, 0.4) is 0 Å². The molecular weight excluding hydrogens is 512 g/mol. The van der Waals surface area contributed by atoms with E-state index in [0.717, 1.165) is 30.5 Å². The Balaban J connectivity index is 1.62. The Morgan fingerprint density at radius 2 is 1.53 bits per heavy atom. The maximum atomic E-state index is 13.4. The first-order chi connectivity index (χ1) is 17.8. The molecule has 11 heteroatoms. The number of benzene rings is 2. The van der Waals surface area contributed by atoms with Gasteiger partial charge in [-0.25, -0.2) is 0 Å². The molecular formula is C27H29F6N3O2. The van der Waals surface area contributed by atoms with Crippen LogP contribution in [0.25, 0.3) is 0 Å². The Kier molecular flexibility index (Phi) is 7.79. The van der Waals surface area contributed by atoms with Gasteiger partial charge in [0.2, 0.25) is 11.8 Å². The van der Waals surface area contributed by atoms with Gasteiger partial charge in [-0.05, 0) is 61.2 Å². The van der Waals surface area contributed by atoms with Crippen molar-refractivity contribution >= 4 is 17.5 Å². The summed E-state index contributed by atoms with van der Waals surface area (Å²) in [5.41, 5.74) is -2.58. The molecule has 0 spiro atoms. The van der Waals surface area contributed by atoms with Gasteiger partial charge in [-0.1, -0.05) is 31.4 Å². The van der Waals surface area contributed by atoms with Crippen LogP contribution in [0, 0.1) is 0 Å². The molecule has 2 amide bonds. The fourth-order valence-electron chi connectivity index (χ4n) is 5.21. The Bertz CT molecular complexity index is 1140. The number of amides is 2. The van der Waals surface area contributed by atoms with Crippen molar-refractivity contribution in [2.45, 2.75) is 62.8 Å². The zero-order valence-electron chi connectivity index (χ0n) is 20.8. The summed E-state index contributed by atoms with van der Waals surface area (Å²) in [4.78, 5) is 27.2. The summed E-state index contributed by atoms with van der Waals surface area (Å²) in [6, 6.07) is 8.51. The highest BCUT2D eigenvalue weighted by molar-refractivity contribution is 5.95. The molecule has 2 fully saturated rings. The van der Waals surface area contributed by atoms with Gasteiger partial charge in [0, 0.05) is 18.8 Å². The second kappa shape index (κ2) is 10.6. The lowest BCUT2D eigenvalue weighted by Gasteiger charge is -2.40. The van der Waals surface area contributed by atoms with Crippen LogP contribution >= 0.6 is 0 Å². The second-order valence-corrected chi connectivity index (χ2v) is 9.96. The molecule has 0 radical (unpaired) electrons. The monoisotopic (exact) mass is 541 g/mol. The summed E-state index contributed by atoms with van der Waals surface area (Å²) in [6.07, 6.45) is -6.29. The van der Waals surface area contributed by atoms with Gasteiger partial charge in [0.25, 0.3) is 0 Å². The lowest BCUT2D eigenvalue weighted by molar-refractivity contribution is -0.143. The van der Waals surface area contributed by atoms with Crippen LogP contribution in [0.15, 0.2) is 42.5 Å². The lowest BCUT2D eigenvalue weighted by atomic mass is 9.76. The first-order valence-corrected chi connectivity index (χ1v) is 12.5. The smallest absolute Gasteiger partial charge is 0.346 e. The molecule has 1 saturated heterocycles. The van der Waals surface area contributed by atoms with Gasteiger partial charge in [-0.2, -0.15) is 26.3 Å². The third kappa shape index (κ3) is 5.98. The second-order valence-electron chi connectivity index (χ2n) is 9.96. The Morgan fingerprint density at radius 3 is 2.05 bits per heavy atom. The van der Waals surface area contributed by atoms with Crippen molar-refractivity contribution in [2.24, 2.45) is 0 Å². The van der Waals surface area contributed by atoms with Crippen LogP contribution in [-0.2, 0) is 27.5 Å².